The molecule has 1 fully saturated rings. The summed E-state index contributed by atoms with van der Waals surface area (Å²) < 4.78 is 10.8. The normalized spacial score (nSPS) is 21.4. The standard InChI is InChI=1S/C12H25NO2/c1-10(2)11(8-14-3)13-9-12(15-4)6-5-7-12/h10-11,13H,5-9H2,1-4H3. The Hall–Kier alpha value is -0.120. The van der Waals surface area contributed by atoms with Crippen LogP contribution in [0.3, 0.4) is 0 Å². The van der Waals surface area contributed by atoms with Gasteiger partial charge in [0.05, 0.1) is 12.2 Å². The SMILES string of the molecule is COCC(NCC1(OC)CCC1)C(C)C. The van der Waals surface area contributed by atoms with Crippen molar-refractivity contribution in [3.05, 3.63) is 0 Å². The summed E-state index contributed by atoms with van der Waals surface area (Å²) in [5.74, 6) is 0.596. The van der Waals surface area contributed by atoms with E-state index in [-0.39, 0.29) is 5.60 Å². The van der Waals surface area contributed by atoms with Crippen LogP contribution in [0, 0.1) is 5.92 Å². The Morgan fingerprint density at radius 2 is 1.93 bits per heavy atom. The third-order valence-corrected chi connectivity index (χ3v) is 3.54. The first-order valence-electron chi connectivity index (χ1n) is 5.91. The van der Waals surface area contributed by atoms with Crippen LogP contribution in [0.4, 0.5) is 0 Å². The van der Waals surface area contributed by atoms with E-state index in [1.807, 2.05) is 7.11 Å². The van der Waals surface area contributed by atoms with E-state index in [4.69, 9.17) is 9.47 Å². The van der Waals surface area contributed by atoms with E-state index in [0.717, 1.165) is 13.2 Å². The zero-order chi connectivity index (χ0) is 11.3. The Bertz CT molecular complexity index is 173. The Balaban J connectivity index is 2.32. The lowest BCUT2D eigenvalue weighted by molar-refractivity contribution is -0.0727. The predicted octanol–water partition coefficient (Wildman–Crippen LogP) is 1.82. The van der Waals surface area contributed by atoms with Crippen molar-refractivity contribution in [1.29, 1.82) is 0 Å². The maximum Gasteiger partial charge on any atom is 0.0802 e. The molecule has 1 atom stereocenters. The van der Waals surface area contributed by atoms with Crippen LogP contribution in [-0.4, -0.2) is 39.0 Å². The molecular formula is C12H25NO2. The maximum atomic E-state index is 5.58. The number of ether oxygens (including phenoxy) is 2. The van der Waals surface area contributed by atoms with Gasteiger partial charge in [0.25, 0.3) is 0 Å². The zero-order valence-electron chi connectivity index (χ0n) is 10.5. The maximum absolute atomic E-state index is 5.58. The molecule has 0 amide bonds. The fraction of sp³-hybridized carbons (Fsp3) is 1.00. The average Bonchev–Trinajstić information content (AvgIpc) is 2.14. The minimum absolute atomic E-state index is 0.112. The zero-order valence-corrected chi connectivity index (χ0v) is 10.5. The second-order valence-corrected chi connectivity index (χ2v) is 4.93. The molecule has 3 heteroatoms. The van der Waals surface area contributed by atoms with Crippen LogP contribution in [0.1, 0.15) is 33.1 Å². The summed E-state index contributed by atoms with van der Waals surface area (Å²) in [7, 11) is 3.58. The number of hydrogen-bond donors (Lipinski definition) is 1. The summed E-state index contributed by atoms with van der Waals surface area (Å²) in [5, 5.41) is 3.56. The minimum Gasteiger partial charge on any atom is -0.383 e. The Morgan fingerprint density at radius 3 is 2.27 bits per heavy atom. The van der Waals surface area contributed by atoms with Gasteiger partial charge in [-0.15, -0.1) is 0 Å². The molecule has 1 aliphatic carbocycles. The molecule has 1 saturated carbocycles. The topological polar surface area (TPSA) is 30.5 Å². The fourth-order valence-corrected chi connectivity index (χ4v) is 2.01. The van der Waals surface area contributed by atoms with E-state index in [0.29, 0.717) is 12.0 Å². The minimum atomic E-state index is 0.112. The highest BCUT2D eigenvalue weighted by Crippen LogP contribution is 2.34. The van der Waals surface area contributed by atoms with Gasteiger partial charge < -0.3 is 14.8 Å². The van der Waals surface area contributed by atoms with Gasteiger partial charge in [-0.25, -0.2) is 0 Å². The highest BCUT2D eigenvalue weighted by Gasteiger charge is 2.37. The van der Waals surface area contributed by atoms with Crippen molar-refractivity contribution >= 4 is 0 Å². The first-order valence-corrected chi connectivity index (χ1v) is 5.91. The van der Waals surface area contributed by atoms with Gasteiger partial charge in [-0.3, -0.25) is 0 Å². The monoisotopic (exact) mass is 215 g/mol. The summed E-state index contributed by atoms with van der Waals surface area (Å²) in [5.41, 5.74) is 0.112. The summed E-state index contributed by atoms with van der Waals surface area (Å²) in [4.78, 5) is 0. The third kappa shape index (κ3) is 3.44. The molecule has 15 heavy (non-hydrogen) atoms. The number of nitrogens with one attached hydrogen (secondary N) is 1. The molecule has 0 saturated heterocycles. The predicted molar refractivity (Wildman–Crippen MR) is 62.1 cm³/mol. The molecule has 3 nitrogen and oxygen atoms in total. The highest BCUT2D eigenvalue weighted by molar-refractivity contribution is 4.92. The quantitative estimate of drug-likeness (QED) is 0.702. The van der Waals surface area contributed by atoms with Gasteiger partial charge in [0.15, 0.2) is 0 Å². The Labute approximate surface area is 93.5 Å². The van der Waals surface area contributed by atoms with Crippen LogP contribution in [-0.2, 0) is 9.47 Å². The van der Waals surface area contributed by atoms with Crippen molar-refractivity contribution in [2.75, 3.05) is 27.4 Å². The van der Waals surface area contributed by atoms with Crippen molar-refractivity contribution in [3.63, 3.8) is 0 Å². The third-order valence-electron chi connectivity index (χ3n) is 3.54. The molecule has 1 unspecified atom stereocenters. The average molecular weight is 215 g/mol. The van der Waals surface area contributed by atoms with Crippen LogP contribution in [0.5, 0.6) is 0 Å². The second kappa shape index (κ2) is 5.83. The first-order chi connectivity index (χ1) is 7.13. The van der Waals surface area contributed by atoms with Crippen LogP contribution in [0.2, 0.25) is 0 Å². The molecule has 0 aromatic heterocycles. The van der Waals surface area contributed by atoms with Gasteiger partial charge in [-0.1, -0.05) is 13.8 Å². The van der Waals surface area contributed by atoms with Crippen molar-refractivity contribution < 1.29 is 9.47 Å². The molecule has 0 aliphatic heterocycles. The molecule has 0 aromatic carbocycles. The smallest absolute Gasteiger partial charge is 0.0802 e. The molecule has 0 bridgehead atoms. The summed E-state index contributed by atoms with van der Waals surface area (Å²) >= 11 is 0. The van der Waals surface area contributed by atoms with Crippen LogP contribution >= 0.6 is 0 Å². The van der Waals surface area contributed by atoms with Gasteiger partial charge in [0.2, 0.25) is 0 Å². The van der Waals surface area contributed by atoms with Gasteiger partial charge in [0, 0.05) is 26.8 Å². The fourth-order valence-electron chi connectivity index (χ4n) is 2.01. The number of rotatable bonds is 7. The molecular weight excluding hydrogens is 190 g/mol. The van der Waals surface area contributed by atoms with Crippen molar-refractivity contribution in [3.8, 4) is 0 Å². The molecule has 0 heterocycles. The molecule has 1 rings (SSSR count). The van der Waals surface area contributed by atoms with E-state index < -0.39 is 0 Å². The summed E-state index contributed by atoms with van der Waals surface area (Å²) in [6.45, 7) is 6.17. The second-order valence-electron chi connectivity index (χ2n) is 4.93. The molecule has 0 aromatic rings. The van der Waals surface area contributed by atoms with E-state index in [2.05, 4.69) is 19.2 Å². The molecule has 90 valence electrons. The van der Waals surface area contributed by atoms with Crippen molar-refractivity contribution in [1.82, 2.24) is 5.32 Å². The van der Waals surface area contributed by atoms with Crippen molar-refractivity contribution in [2.24, 2.45) is 5.92 Å². The van der Waals surface area contributed by atoms with E-state index in [1.165, 1.54) is 19.3 Å². The van der Waals surface area contributed by atoms with Gasteiger partial charge in [-0.05, 0) is 25.2 Å². The van der Waals surface area contributed by atoms with Gasteiger partial charge in [-0.2, -0.15) is 0 Å². The van der Waals surface area contributed by atoms with Crippen molar-refractivity contribution in [2.45, 2.75) is 44.8 Å². The van der Waals surface area contributed by atoms with E-state index in [9.17, 15) is 0 Å². The molecule has 0 spiro atoms. The summed E-state index contributed by atoms with van der Waals surface area (Å²) in [6, 6.07) is 0.433. The first kappa shape index (κ1) is 12.9. The Kier molecular flexibility index (Phi) is 5.03. The largest absolute Gasteiger partial charge is 0.383 e. The van der Waals surface area contributed by atoms with Crippen LogP contribution < -0.4 is 5.32 Å². The van der Waals surface area contributed by atoms with Gasteiger partial charge in [0.1, 0.15) is 0 Å². The van der Waals surface area contributed by atoms with E-state index >= 15 is 0 Å². The summed E-state index contributed by atoms with van der Waals surface area (Å²) in [6.07, 6.45) is 3.68. The highest BCUT2D eigenvalue weighted by atomic mass is 16.5. The number of methoxy groups -OCH3 is 2. The van der Waals surface area contributed by atoms with Crippen LogP contribution in [0.15, 0.2) is 0 Å². The number of hydrogen-bond acceptors (Lipinski definition) is 3. The molecule has 1 aliphatic rings. The lowest BCUT2D eigenvalue weighted by atomic mass is 9.79. The van der Waals surface area contributed by atoms with Crippen LogP contribution in [0.25, 0.3) is 0 Å². The lowest BCUT2D eigenvalue weighted by Crippen LogP contribution is -2.52. The lowest BCUT2D eigenvalue weighted by Gasteiger charge is -2.42. The molecule has 0 radical (unpaired) electrons. The van der Waals surface area contributed by atoms with E-state index in [1.54, 1.807) is 7.11 Å². The Morgan fingerprint density at radius 1 is 1.27 bits per heavy atom. The molecule has 1 N–H and O–H groups in total. The van der Waals surface area contributed by atoms with Gasteiger partial charge >= 0.3 is 0 Å².